The second kappa shape index (κ2) is 3.25. The first-order valence-electron chi connectivity index (χ1n) is 2.82. The maximum absolute atomic E-state index is 10.4. The fourth-order valence-electron chi connectivity index (χ4n) is 0.651. The number of carboxylic acids is 1. The highest BCUT2D eigenvalue weighted by atomic mass is 35.5. The van der Waals surface area contributed by atoms with Crippen LogP contribution < -0.4 is 0 Å². The first-order chi connectivity index (χ1) is 5.25. The van der Waals surface area contributed by atoms with E-state index in [-0.39, 0.29) is 5.57 Å². The Morgan fingerprint density at radius 3 is 2.82 bits per heavy atom. The fraction of sp³-hybridized carbons (Fsp3) is 0. The van der Waals surface area contributed by atoms with E-state index in [1.54, 1.807) is 0 Å². The van der Waals surface area contributed by atoms with Crippen molar-refractivity contribution in [3.05, 3.63) is 29.7 Å². The van der Waals surface area contributed by atoms with Gasteiger partial charge in [-0.3, -0.25) is 0 Å². The molecule has 58 valence electrons. The van der Waals surface area contributed by atoms with E-state index in [9.17, 15) is 4.79 Å². The number of hydrogen-bond donors (Lipinski definition) is 1. The molecule has 11 heavy (non-hydrogen) atoms. The van der Waals surface area contributed by atoms with Gasteiger partial charge in [0.05, 0.1) is 18.1 Å². The number of aliphatic carboxylic acids is 1. The summed E-state index contributed by atoms with van der Waals surface area (Å²) in [6.45, 7) is 0. The molecule has 1 heterocycles. The minimum Gasteiger partial charge on any atom is -0.478 e. The summed E-state index contributed by atoms with van der Waals surface area (Å²) in [5.41, 5.74) is 1.50. The molecule has 1 rings (SSSR count). The predicted molar refractivity (Wildman–Crippen MR) is 40.2 cm³/mol. The van der Waals surface area contributed by atoms with Gasteiger partial charge in [-0.05, 0) is 6.07 Å². The first-order valence-corrected chi connectivity index (χ1v) is 3.25. The molecule has 0 aromatic carbocycles. The standard InChI is InChI=1S/C7H5ClO3/c8-3-6(7(9)10)5-1-2-11-4-5/h1-4H,(H,9,10). The third-order valence-electron chi connectivity index (χ3n) is 1.17. The Kier molecular flexibility index (Phi) is 2.33. The van der Waals surface area contributed by atoms with E-state index in [4.69, 9.17) is 16.7 Å². The molecule has 1 N–H and O–H groups in total. The van der Waals surface area contributed by atoms with Crippen molar-refractivity contribution < 1.29 is 14.3 Å². The second-order valence-corrected chi connectivity index (χ2v) is 2.06. The van der Waals surface area contributed by atoms with Crippen molar-refractivity contribution in [2.75, 3.05) is 0 Å². The minimum absolute atomic E-state index is 0.0282. The molecule has 0 spiro atoms. The van der Waals surface area contributed by atoms with Crippen molar-refractivity contribution >= 4 is 23.1 Å². The van der Waals surface area contributed by atoms with Crippen LogP contribution in [-0.2, 0) is 4.79 Å². The SMILES string of the molecule is O=C(O)C(=CCl)c1ccoc1. The molecular weight excluding hydrogens is 168 g/mol. The Morgan fingerprint density at radius 2 is 2.45 bits per heavy atom. The minimum atomic E-state index is -1.07. The molecule has 0 fully saturated rings. The molecule has 0 aliphatic rings. The molecule has 0 saturated carbocycles. The molecule has 0 amide bonds. The lowest BCUT2D eigenvalue weighted by molar-refractivity contribution is -0.130. The average Bonchev–Trinajstić information content (AvgIpc) is 2.40. The van der Waals surface area contributed by atoms with Crippen LogP contribution >= 0.6 is 11.6 Å². The van der Waals surface area contributed by atoms with Gasteiger partial charge in [0, 0.05) is 11.1 Å². The highest BCUT2D eigenvalue weighted by Gasteiger charge is 2.09. The quantitative estimate of drug-likeness (QED) is 0.694. The number of carboxylic acid groups (broad SMARTS) is 1. The lowest BCUT2D eigenvalue weighted by atomic mass is 10.2. The van der Waals surface area contributed by atoms with Gasteiger partial charge in [-0.1, -0.05) is 11.6 Å². The van der Waals surface area contributed by atoms with Gasteiger partial charge in [0.1, 0.15) is 0 Å². The summed E-state index contributed by atoms with van der Waals surface area (Å²) in [6.07, 6.45) is 2.71. The molecule has 3 nitrogen and oxygen atoms in total. The second-order valence-electron chi connectivity index (χ2n) is 1.84. The zero-order valence-electron chi connectivity index (χ0n) is 5.45. The van der Waals surface area contributed by atoms with Crippen LogP contribution in [0.15, 0.2) is 28.5 Å². The van der Waals surface area contributed by atoms with Crippen molar-refractivity contribution in [1.29, 1.82) is 0 Å². The van der Waals surface area contributed by atoms with Crippen molar-refractivity contribution in [3.63, 3.8) is 0 Å². The Balaban J connectivity index is 2.99. The van der Waals surface area contributed by atoms with E-state index in [0.717, 1.165) is 5.54 Å². The normalized spacial score (nSPS) is 11.5. The van der Waals surface area contributed by atoms with Gasteiger partial charge in [-0.2, -0.15) is 0 Å². The Hall–Kier alpha value is -1.22. The monoisotopic (exact) mass is 172 g/mol. The first kappa shape index (κ1) is 7.88. The van der Waals surface area contributed by atoms with Crippen LogP contribution in [-0.4, -0.2) is 11.1 Å². The van der Waals surface area contributed by atoms with Crippen molar-refractivity contribution in [2.24, 2.45) is 0 Å². The van der Waals surface area contributed by atoms with Crippen LogP contribution in [0.25, 0.3) is 5.57 Å². The Morgan fingerprint density at radius 1 is 1.73 bits per heavy atom. The van der Waals surface area contributed by atoms with Crippen LogP contribution in [0.2, 0.25) is 0 Å². The lowest BCUT2D eigenvalue weighted by Gasteiger charge is -1.92. The highest BCUT2D eigenvalue weighted by molar-refractivity contribution is 6.34. The maximum Gasteiger partial charge on any atom is 0.337 e. The van der Waals surface area contributed by atoms with E-state index >= 15 is 0 Å². The zero-order valence-corrected chi connectivity index (χ0v) is 6.21. The van der Waals surface area contributed by atoms with Gasteiger partial charge in [0.2, 0.25) is 0 Å². The molecule has 0 aliphatic carbocycles. The van der Waals surface area contributed by atoms with Gasteiger partial charge in [0.15, 0.2) is 0 Å². The molecular formula is C7H5ClO3. The average molecular weight is 173 g/mol. The van der Waals surface area contributed by atoms with Crippen molar-refractivity contribution in [3.8, 4) is 0 Å². The summed E-state index contributed by atoms with van der Waals surface area (Å²) >= 11 is 5.27. The zero-order chi connectivity index (χ0) is 8.27. The smallest absolute Gasteiger partial charge is 0.337 e. The molecule has 4 heteroatoms. The molecule has 0 atom stereocenters. The number of hydrogen-bond acceptors (Lipinski definition) is 2. The third kappa shape index (κ3) is 1.62. The number of halogens is 1. The van der Waals surface area contributed by atoms with E-state index in [1.807, 2.05) is 0 Å². The summed E-state index contributed by atoms with van der Waals surface area (Å²) in [6, 6.07) is 1.53. The van der Waals surface area contributed by atoms with E-state index in [1.165, 1.54) is 18.6 Å². The molecule has 0 bridgehead atoms. The van der Waals surface area contributed by atoms with Gasteiger partial charge < -0.3 is 9.52 Å². The molecule has 1 aromatic heterocycles. The lowest BCUT2D eigenvalue weighted by Crippen LogP contribution is -1.96. The maximum atomic E-state index is 10.4. The number of carbonyl (C=O) groups is 1. The number of rotatable bonds is 2. The summed E-state index contributed by atoms with van der Waals surface area (Å²) in [4.78, 5) is 10.4. The van der Waals surface area contributed by atoms with Crippen LogP contribution in [0.1, 0.15) is 5.56 Å². The molecule has 0 radical (unpaired) electrons. The third-order valence-corrected chi connectivity index (χ3v) is 1.39. The van der Waals surface area contributed by atoms with Crippen LogP contribution in [0.3, 0.4) is 0 Å². The molecule has 0 unspecified atom stereocenters. The Bertz CT molecular complexity index is 274. The summed E-state index contributed by atoms with van der Waals surface area (Å²) in [5, 5.41) is 8.55. The van der Waals surface area contributed by atoms with Gasteiger partial charge >= 0.3 is 5.97 Å². The highest BCUT2D eigenvalue weighted by Crippen LogP contribution is 2.15. The van der Waals surface area contributed by atoms with Gasteiger partial charge in [-0.25, -0.2) is 4.79 Å². The van der Waals surface area contributed by atoms with Crippen LogP contribution in [0.4, 0.5) is 0 Å². The largest absolute Gasteiger partial charge is 0.478 e. The van der Waals surface area contributed by atoms with E-state index in [2.05, 4.69) is 4.42 Å². The van der Waals surface area contributed by atoms with Crippen LogP contribution in [0.5, 0.6) is 0 Å². The molecule has 1 aromatic rings. The predicted octanol–water partition coefficient (Wildman–Crippen LogP) is 1.94. The van der Waals surface area contributed by atoms with Crippen molar-refractivity contribution in [1.82, 2.24) is 0 Å². The summed E-state index contributed by atoms with van der Waals surface area (Å²) in [7, 11) is 0. The topological polar surface area (TPSA) is 50.4 Å². The number of furan rings is 1. The Labute approximate surface area is 67.9 Å². The van der Waals surface area contributed by atoms with Crippen molar-refractivity contribution in [2.45, 2.75) is 0 Å². The fourth-order valence-corrected chi connectivity index (χ4v) is 0.870. The van der Waals surface area contributed by atoms with E-state index < -0.39 is 5.97 Å². The van der Waals surface area contributed by atoms with E-state index in [0.29, 0.717) is 5.56 Å². The molecule has 0 saturated heterocycles. The summed E-state index contributed by atoms with van der Waals surface area (Å²) in [5.74, 6) is -1.07. The van der Waals surface area contributed by atoms with Crippen LogP contribution in [0, 0.1) is 0 Å². The molecule has 0 aliphatic heterocycles. The van der Waals surface area contributed by atoms with Gasteiger partial charge in [0.25, 0.3) is 0 Å². The summed E-state index contributed by atoms with van der Waals surface area (Å²) < 4.78 is 4.68. The van der Waals surface area contributed by atoms with Gasteiger partial charge in [-0.15, -0.1) is 0 Å².